The predicted octanol–water partition coefficient (Wildman–Crippen LogP) is 4.58. The zero-order chi connectivity index (χ0) is 16.4. The number of thioether (sulfide) groups is 1. The van der Waals surface area contributed by atoms with Crippen molar-refractivity contribution in [1.29, 1.82) is 0 Å². The molecule has 0 spiro atoms. The van der Waals surface area contributed by atoms with Crippen LogP contribution in [0.3, 0.4) is 0 Å². The highest BCUT2D eigenvalue weighted by atomic mass is 32.2. The van der Waals surface area contributed by atoms with Crippen molar-refractivity contribution in [2.24, 2.45) is 0 Å². The molecule has 0 saturated carbocycles. The summed E-state index contributed by atoms with van der Waals surface area (Å²) in [6.45, 7) is 6.28. The standard InChI is InChI=1S/C19H20N2OS/c1-12(2)23-19-20-17(11-18(22)21-19)13(3)15-10-6-8-14-7-4-5-9-16(14)15/h4-13H,1-3H3,(H,20,21,22)/t13-/m1/s1. The van der Waals surface area contributed by atoms with E-state index in [-0.39, 0.29) is 11.5 Å². The van der Waals surface area contributed by atoms with Gasteiger partial charge in [-0.15, -0.1) is 0 Å². The smallest absolute Gasteiger partial charge is 0.251 e. The molecule has 4 heteroatoms. The van der Waals surface area contributed by atoms with Crippen LogP contribution in [-0.2, 0) is 0 Å². The first kappa shape index (κ1) is 15.8. The first-order chi connectivity index (χ1) is 11.0. The number of nitrogens with one attached hydrogen (secondary N) is 1. The van der Waals surface area contributed by atoms with Gasteiger partial charge in [0.2, 0.25) is 0 Å². The van der Waals surface area contributed by atoms with Gasteiger partial charge in [-0.25, -0.2) is 4.98 Å². The third kappa shape index (κ3) is 3.48. The molecule has 0 fully saturated rings. The van der Waals surface area contributed by atoms with E-state index >= 15 is 0 Å². The lowest BCUT2D eigenvalue weighted by molar-refractivity contribution is 0.803. The second kappa shape index (κ2) is 6.59. The predicted molar refractivity (Wildman–Crippen MR) is 97.3 cm³/mol. The van der Waals surface area contributed by atoms with E-state index < -0.39 is 0 Å². The van der Waals surface area contributed by atoms with Crippen LogP contribution in [0.15, 0.2) is 58.5 Å². The summed E-state index contributed by atoms with van der Waals surface area (Å²) >= 11 is 1.58. The molecular weight excluding hydrogens is 304 g/mol. The van der Waals surface area contributed by atoms with Crippen LogP contribution in [0, 0.1) is 0 Å². The highest BCUT2D eigenvalue weighted by molar-refractivity contribution is 7.99. The van der Waals surface area contributed by atoms with E-state index in [0.29, 0.717) is 10.4 Å². The van der Waals surface area contributed by atoms with Gasteiger partial charge in [-0.1, -0.05) is 75.0 Å². The molecule has 0 bridgehead atoms. The molecule has 23 heavy (non-hydrogen) atoms. The zero-order valence-electron chi connectivity index (χ0n) is 13.5. The van der Waals surface area contributed by atoms with Crippen LogP contribution in [0.1, 0.15) is 37.9 Å². The van der Waals surface area contributed by atoms with Crippen LogP contribution in [-0.4, -0.2) is 15.2 Å². The van der Waals surface area contributed by atoms with Crippen molar-refractivity contribution in [1.82, 2.24) is 9.97 Å². The number of hydrogen-bond donors (Lipinski definition) is 1. The largest absolute Gasteiger partial charge is 0.301 e. The summed E-state index contributed by atoms with van der Waals surface area (Å²) in [5, 5.41) is 3.48. The molecule has 0 saturated heterocycles. The Morgan fingerprint density at radius 3 is 2.57 bits per heavy atom. The fourth-order valence-electron chi connectivity index (χ4n) is 2.74. The van der Waals surface area contributed by atoms with Crippen molar-refractivity contribution in [3.05, 3.63) is 70.1 Å². The Bertz CT molecular complexity index is 880. The van der Waals surface area contributed by atoms with Crippen molar-refractivity contribution in [2.75, 3.05) is 0 Å². The van der Waals surface area contributed by atoms with E-state index in [1.807, 2.05) is 12.1 Å². The van der Waals surface area contributed by atoms with Crippen molar-refractivity contribution < 1.29 is 0 Å². The van der Waals surface area contributed by atoms with E-state index in [1.54, 1.807) is 17.8 Å². The molecule has 0 amide bonds. The molecule has 1 aromatic heterocycles. The van der Waals surface area contributed by atoms with Crippen molar-refractivity contribution >= 4 is 22.5 Å². The zero-order valence-corrected chi connectivity index (χ0v) is 14.4. The number of hydrogen-bond acceptors (Lipinski definition) is 3. The number of fused-ring (bicyclic) bond motifs is 1. The Hall–Kier alpha value is -2.07. The Balaban J connectivity index is 2.07. The second-order valence-corrected chi connectivity index (χ2v) is 7.50. The summed E-state index contributed by atoms with van der Waals surface area (Å²) in [7, 11) is 0. The van der Waals surface area contributed by atoms with Crippen molar-refractivity contribution in [3.8, 4) is 0 Å². The monoisotopic (exact) mass is 324 g/mol. The van der Waals surface area contributed by atoms with Gasteiger partial charge in [-0.2, -0.15) is 0 Å². The quantitative estimate of drug-likeness (QED) is 0.564. The molecule has 1 N–H and O–H groups in total. The minimum Gasteiger partial charge on any atom is -0.301 e. The summed E-state index contributed by atoms with van der Waals surface area (Å²) in [4.78, 5) is 19.5. The van der Waals surface area contributed by atoms with Gasteiger partial charge in [0.05, 0.1) is 5.69 Å². The molecule has 118 valence electrons. The molecule has 3 nitrogen and oxygen atoms in total. The minimum absolute atomic E-state index is 0.0647. The normalized spacial score (nSPS) is 12.7. The summed E-state index contributed by atoms with van der Waals surface area (Å²) < 4.78 is 0. The van der Waals surface area contributed by atoms with E-state index in [4.69, 9.17) is 0 Å². The van der Waals surface area contributed by atoms with Crippen LogP contribution in [0.25, 0.3) is 10.8 Å². The van der Waals surface area contributed by atoms with Crippen LogP contribution in [0.5, 0.6) is 0 Å². The molecule has 0 aliphatic rings. The fourth-order valence-corrected chi connectivity index (χ4v) is 3.51. The van der Waals surface area contributed by atoms with Gasteiger partial charge in [0.15, 0.2) is 5.16 Å². The molecule has 3 rings (SSSR count). The van der Waals surface area contributed by atoms with Gasteiger partial charge in [0, 0.05) is 17.2 Å². The van der Waals surface area contributed by atoms with Gasteiger partial charge in [-0.3, -0.25) is 4.79 Å². The van der Waals surface area contributed by atoms with E-state index in [9.17, 15) is 4.79 Å². The van der Waals surface area contributed by atoms with Crippen molar-refractivity contribution in [2.45, 2.75) is 37.1 Å². The maximum Gasteiger partial charge on any atom is 0.251 e. The van der Waals surface area contributed by atoms with Gasteiger partial charge in [-0.05, 0) is 16.3 Å². The average Bonchev–Trinajstić information content (AvgIpc) is 2.52. The maximum absolute atomic E-state index is 12.0. The molecular formula is C19H20N2OS. The fraction of sp³-hybridized carbons (Fsp3) is 0.263. The molecule has 0 aliphatic carbocycles. The number of H-pyrrole nitrogens is 1. The molecule has 0 unspecified atom stereocenters. The number of benzene rings is 2. The second-order valence-electron chi connectivity index (χ2n) is 5.93. The summed E-state index contributed by atoms with van der Waals surface area (Å²) in [6, 6.07) is 16.2. The van der Waals surface area contributed by atoms with Gasteiger partial charge >= 0.3 is 0 Å². The van der Waals surface area contributed by atoms with Crippen LogP contribution in [0.4, 0.5) is 0 Å². The van der Waals surface area contributed by atoms with E-state index in [0.717, 1.165) is 5.69 Å². The van der Waals surface area contributed by atoms with Crippen LogP contribution < -0.4 is 5.56 Å². The lowest BCUT2D eigenvalue weighted by atomic mass is 9.92. The molecule has 0 radical (unpaired) electrons. The first-order valence-electron chi connectivity index (χ1n) is 7.80. The Kier molecular flexibility index (Phi) is 4.53. The highest BCUT2D eigenvalue weighted by Gasteiger charge is 2.15. The highest BCUT2D eigenvalue weighted by Crippen LogP contribution is 2.30. The van der Waals surface area contributed by atoms with Gasteiger partial charge in [0.1, 0.15) is 0 Å². The number of aromatic amines is 1. The maximum atomic E-state index is 12.0. The van der Waals surface area contributed by atoms with Gasteiger partial charge < -0.3 is 4.98 Å². The number of rotatable bonds is 4. The summed E-state index contributed by atoms with van der Waals surface area (Å²) in [6.07, 6.45) is 0. The molecule has 0 aliphatic heterocycles. The minimum atomic E-state index is -0.0924. The lowest BCUT2D eigenvalue weighted by Crippen LogP contribution is -2.13. The first-order valence-corrected chi connectivity index (χ1v) is 8.68. The Morgan fingerprint density at radius 2 is 1.78 bits per heavy atom. The molecule has 2 aromatic carbocycles. The van der Waals surface area contributed by atoms with Gasteiger partial charge in [0.25, 0.3) is 5.56 Å². The van der Waals surface area contributed by atoms with E-state index in [1.165, 1.54) is 16.3 Å². The Morgan fingerprint density at radius 1 is 1.04 bits per heavy atom. The number of aromatic nitrogens is 2. The van der Waals surface area contributed by atoms with Crippen molar-refractivity contribution in [3.63, 3.8) is 0 Å². The summed E-state index contributed by atoms with van der Waals surface area (Å²) in [5.41, 5.74) is 1.92. The van der Waals surface area contributed by atoms with E-state index in [2.05, 4.69) is 61.1 Å². The van der Waals surface area contributed by atoms with Crippen LogP contribution in [0.2, 0.25) is 0 Å². The third-order valence-electron chi connectivity index (χ3n) is 3.82. The average molecular weight is 324 g/mol. The molecule has 3 aromatic rings. The number of nitrogens with zero attached hydrogens (tertiary/aromatic N) is 1. The Labute approximate surface area is 140 Å². The summed E-state index contributed by atoms with van der Waals surface area (Å²) in [5.74, 6) is 0.0647. The molecule has 1 heterocycles. The molecule has 1 atom stereocenters. The topological polar surface area (TPSA) is 45.8 Å². The lowest BCUT2D eigenvalue weighted by Gasteiger charge is -2.15. The SMILES string of the molecule is CC(C)Sc1nc([C@H](C)c2cccc3ccccc23)cc(=O)[nH]1. The van der Waals surface area contributed by atoms with Crippen LogP contribution >= 0.6 is 11.8 Å². The third-order valence-corrected chi connectivity index (χ3v) is 4.71.